The molecule has 0 aliphatic heterocycles. The first-order valence-corrected chi connectivity index (χ1v) is 6.08. The number of rotatable bonds is 7. The van der Waals surface area contributed by atoms with E-state index in [-0.39, 0.29) is 11.9 Å². The lowest BCUT2D eigenvalue weighted by Crippen LogP contribution is -2.49. The number of hydrogen-bond acceptors (Lipinski definition) is 4. The third-order valence-corrected chi connectivity index (χ3v) is 2.22. The van der Waals surface area contributed by atoms with Crippen LogP contribution in [0.5, 0.6) is 0 Å². The van der Waals surface area contributed by atoms with Gasteiger partial charge in [0.1, 0.15) is 6.04 Å². The molecule has 0 saturated carbocycles. The van der Waals surface area contributed by atoms with Crippen molar-refractivity contribution in [3.05, 3.63) is 0 Å². The topological polar surface area (TPSA) is 67.4 Å². The maximum absolute atomic E-state index is 11.6. The number of amides is 1. The number of ether oxygens (including phenoxy) is 1. The van der Waals surface area contributed by atoms with Crippen molar-refractivity contribution < 1.29 is 14.3 Å². The lowest BCUT2D eigenvalue weighted by atomic mass is 10.2. The Balaban J connectivity index is 4.02. The largest absolute Gasteiger partial charge is 0.465 e. The van der Waals surface area contributed by atoms with Crippen LogP contribution in [-0.2, 0) is 14.3 Å². The summed E-state index contributed by atoms with van der Waals surface area (Å²) >= 11 is 0. The van der Waals surface area contributed by atoms with E-state index in [0.717, 1.165) is 0 Å². The van der Waals surface area contributed by atoms with Crippen LogP contribution in [0.3, 0.4) is 0 Å². The van der Waals surface area contributed by atoms with Crippen molar-refractivity contribution in [3.63, 3.8) is 0 Å². The highest BCUT2D eigenvalue weighted by molar-refractivity contribution is 5.82. The molecule has 0 aromatic heterocycles. The zero-order valence-electron chi connectivity index (χ0n) is 11.4. The van der Waals surface area contributed by atoms with Gasteiger partial charge in [0.25, 0.3) is 0 Å². The van der Waals surface area contributed by atoms with Crippen LogP contribution in [0.1, 0.15) is 34.6 Å². The summed E-state index contributed by atoms with van der Waals surface area (Å²) in [7, 11) is 0. The first-order valence-electron chi connectivity index (χ1n) is 6.08. The highest BCUT2D eigenvalue weighted by atomic mass is 16.5. The van der Waals surface area contributed by atoms with Crippen LogP contribution >= 0.6 is 0 Å². The summed E-state index contributed by atoms with van der Waals surface area (Å²) in [6, 6.07) is -0.886. The highest BCUT2D eigenvalue weighted by Gasteiger charge is 2.20. The lowest BCUT2D eigenvalue weighted by Gasteiger charge is -2.19. The van der Waals surface area contributed by atoms with Crippen molar-refractivity contribution in [1.29, 1.82) is 0 Å². The Morgan fingerprint density at radius 2 is 1.71 bits per heavy atom. The molecule has 0 rings (SSSR count). The number of carbonyl (C=O) groups is 2. The fourth-order valence-corrected chi connectivity index (χ4v) is 1.24. The molecule has 2 N–H and O–H groups in total. The molecule has 0 aliphatic rings. The minimum Gasteiger partial charge on any atom is -0.465 e. The number of carbonyl (C=O) groups excluding carboxylic acids is 2. The van der Waals surface area contributed by atoms with Crippen molar-refractivity contribution in [3.8, 4) is 0 Å². The molecule has 0 spiro atoms. The Hall–Kier alpha value is -1.10. The second-order valence-electron chi connectivity index (χ2n) is 4.50. The molecule has 0 fully saturated rings. The SMILES string of the molecule is CCOC(=O)C(C)NC(C)C(=O)NCC(C)C. The number of esters is 1. The third-order valence-electron chi connectivity index (χ3n) is 2.22. The van der Waals surface area contributed by atoms with E-state index in [9.17, 15) is 9.59 Å². The number of hydrogen-bond donors (Lipinski definition) is 2. The summed E-state index contributed by atoms with van der Waals surface area (Å²) in [5.74, 6) is -0.0283. The summed E-state index contributed by atoms with van der Waals surface area (Å²) in [4.78, 5) is 23.0. The molecular weight excluding hydrogens is 220 g/mol. The fraction of sp³-hybridized carbons (Fsp3) is 0.833. The van der Waals surface area contributed by atoms with Gasteiger partial charge >= 0.3 is 5.97 Å². The Morgan fingerprint density at radius 1 is 1.12 bits per heavy atom. The molecule has 5 nitrogen and oxygen atoms in total. The van der Waals surface area contributed by atoms with E-state index in [1.165, 1.54) is 0 Å². The van der Waals surface area contributed by atoms with Gasteiger partial charge in [0, 0.05) is 6.54 Å². The molecule has 0 aromatic carbocycles. The van der Waals surface area contributed by atoms with Crippen LogP contribution in [0.2, 0.25) is 0 Å². The van der Waals surface area contributed by atoms with Gasteiger partial charge in [0.05, 0.1) is 12.6 Å². The molecule has 2 unspecified atom stereocenters. The van der Waals surface area contributed by atoms with E-state index in [4.69, 9.17) is 4.74 Å². The summed E-state index contributed by atoms with van der Waals surface area (Å²) in [5, 5.41) is 5.71. The molecule has 100 valence electrons. The van der Waals surface area contributed by atoms with Crippen LogP contribution < -0.4 is 10.6 Å². The van der Waals surface area contributed by atoms with Crippen molar-refractivity contribution in [2.75, 3.05) is 13.2 Å². The van der Waals surface area contributed by atoms with Crippen LogP contribution in [-0.4, -0.2) is 37.1 Å². The predicted molar refractivity (Wildman–Crippen MR) is 66.5 cm³/mol. The molecule has 0 heterocycles. The van der Waals surface area contributed by atoms with Gasteiger partial charge in [0.15, 0.2) is 0 Å². The van der Waals surface area contributed by atoms with Gasteiger partial charge in [-0.15, -0.1) is 0 Å². The molecule has 0 aromatic rings. The lowest BCUT2D eigenvalue weighted by molar-refractivity contribution is -0.145. The van der Waals surface area contributed by atoms with E-state index in [1.807, 2.05) is 13.8 Å². The summed E-state index contributed by atoms with van der Waals surface area (Å²) < 4.78 is 4.85. The summed E-state index contributed by atoms with van der Waals surface area (Å²) in [6.07, 6.45) is 0. The average Bonchev–Trinajstić information content (AvgIpc) is 2.25. The zero-order chi connectivity index (χ0) is 13.4. The normalized spacial score (nSPS) is 14.2. The van der Waals surface area contributed by atoms with Crippen molar-refractivity contribution in [1.82, 2.24) is 10.6 Å². The van der Waals surface area contributed by atoms with Gasteiger partial charge in [-0.05, 0) is 26.7 Å². The molecule has 0 saturated heterocycles. The second-order valence-corrected chi connectivity index (χ2v) is 4.50. The fourth-order valence-electron chi connectivity index (χ4n) is 1.24. The Bertz CT molecular complexity index is 254. The van der Waals surface area contributed by atoms with Crippen LogP contribution in [0.4, 0.5) is 0 Å². The van der Waals surface area contributed by atoms with Gasteiger partial charge in [-0.1, -0.05) is 13.8 Å². The minimum atomic E-state index is -0.477. The van der Waals surface area contributed by atoms with E-state index >= 15 is 0 Å². The molecule has 0 bridgehead atoms. The maximum atomic E-state index is 11.6. The standard InChI is InChI=1S/C12H24N2O3/c1-6-17-12(16)10(5)14-9(4)11(15)13-7-8(2)3/h8-10,14H,6-7H2,1-5H3,(H,13,15). The Kier molecular flexibility index (Phi) is 7.54. The van der Waals surface area contributed by atoms with Crippen LogP contribution in [0.25, 0.3) is 0 Å². The summed E-state index contributed by atoms with van der Waals surface area (Å²) in [6.45, 7) is 10.2. The van der Waals surface area contributed by atoms with E-state index < -0.39 is 12.1 Å². The van der Waals surface area contributed by atoms with Gasteiger partial charge in [-0.2, -0.15) is 0 Å². The monoisotopic (exact) mass is 244 g/mol. The van der Waals surface area contributed by atoms with Gasteiger partial charge < -0.3 is 10.1 Å². The Labute approximate surface area is 103 Å². The van der Waals surface area contributed by atoms with Crippen LogP contribution in [0.15, 0.2) is 0 Å². The smallest absolute Gasteiger partial charge is 0.322 e. The Morgan fingerprint density at radius 3 is 2.18 bits per heavy atom. The average molecular weight is 244 g/mol. The third kappa shape index (κ3) is 6.94. The molecule has 0 radical (unpaired) electrons. The van der Waals surface area contributed by atoms with Gasteiger partial charge in [-0.25, -0.2) is 0 Å². The first kappa shape index (κ1) is 15.9. The quantitative estimate of drug-likeness (QED) is 0.647. The molecule has 5 heteroatoms. The molecular formula is C12H24N2O3. The van der Waals surface area contributed by atoms with Gasteiger partial charge in [0.2, 0.25) is 5.91 Å². The first-order chi connectivity index (χ1) is 7.88. The van der Waals surface area contributed by atoms with Gasteiger partial charge in [-0.3, -0.25) is 14.9 Å². The van der Waals surface area contributed by atoms with Crippen molar-refractivity contribution >= 4 is 11.9 Å². The summed E-state index contributed by atoms with van der Waals surface area (Å²) in [5.41, 5.74) is 0. The molecule has 0 aliphatic carbocycles. The van der Waals surface area contributed by atoms with Crippen molar-refractivity contribution in [2.45, 2.75) is 46.7 Å². The molecule has 17 heavy (non-hydrogen) atoms. The maximum Gasteiger partial charge on any atom is 0.322 e. The van der Waals surface area contributed by atoms with E-state index in [0.29, 0.717) is 19.1 Å². The van der Waals surface area contributed by atoms with Crippen LogP contribution in [0, 0.1) is 5.92 Å². The zero-order valence-corrected chi connectivity index (χ0v) is 11.4. The highest BCUT2D eigenvalue weighted by Crippen LogP contribution is 1.93. The molecule has 1 amide bonds. The molecule has 2 atom stereocenters. The minimum absolute atomic E-state index is 0.102. The van der Waals surface area contributed by atoms with E-state index in [2.05, 4.69) is 10.6 Å². The number of nitrogens with one attached hydrogen (secondary N) is 2. The van der Waals surface area contributed by atoms with Crippen molar-refractivity contribution in [2.24, 2.45) is 5.92 Å². The predicted octanol–water partition coefficient (Wildman–Crippen LogP) is 0.688. The second kappa shape index (κ2) is 8.06. The van der Waals surface area contributed by atoms with E-state index in [1.54, 1.807) is 20.8 Å².